The Morgan fingerprint density at radius 1 is 1.56 bits per heavy atom. The molecule has 0 radical (unpaired) electrons. The minimum absolute atomic E-state index is 0.0269. The summed E-state index contributed by atoms with van der Waals surface area (Å²) in [5, 5.41) is 12.5. The summed E-state index contributed by atoms with van der Waals surface area (Å²) in [5.41, 5.74) is 5.54. The van der Waals surface area contributed by atoms with Crippen molar-refractivity contribution in [2.24, 2.45) is 5.41 Å². The van der Waals surface area contributed by atoms with E-state index < -0.39 is 0 Å². The summed E-state index contributed by atoms with van der Waals surface area (Å²) >= 11 is 3.35. The Morgan fingerprint density at radius 3 is 2.88 bits per heavy atom. The molecule has 0 bridgehead atoms. The number of hydrogen-bond donors (Lipinski definition) is 3. The zero-order valence-electron chi connectivity index (χ0n) is 8.91. The van der Waals surface area contributed by atoms with Gasteiger partial charge in [-0.05, 0) is 28.8 Å². The van der Waals surface area contributed by atoms with Crippen LogP contribution in [0, 0.1) is 5.41 Å². The van der Waals surface area contributed by atoms with Crippen molar-refractivity contribution in [3.05, 3.63) is 10.7 Å². The van der Waals surface area contributed by atoms with Crippen LogP contribution in [0.5, 0.6) is 0 Å². The molecule has 0 unspecified atom stereocenters. The smallest absolute Gasteiger partial charge is 0.221 e. The predicted molar refractivity (Wildman–Crippen MR) is 66.0 cm³/mol. The van der Waals surface area contributed by atoms with Gasteiger partial charge in [-0.15, -0.1) is 0 Å². The number of rotatable bonds is 4. The van der Waals surface area contributed by atoms with Crippen LogP contribution in [-0.4, -0.2) is 28.2 Å². The monoisotopic (exact) mass is 286 g/mol. The van der Waals surface area contributed by atoms with Crippen molar-refractivity contribution in [3.63, 3.8) is 0 Å². The molecule has 4 N–H and O–H groups in total. The predicted octanol–water partition coefficient (Wildman–Crippen LogP) is 1.40. The molecule has 5 nitrogen and oxygen atoms in total. The van der Waals surface area contributed by atoms with Crippen LogP contribution in [-0.2, 0) is 0 Å². The summed E-state index contributed by atoms with van der Waals surface area (Å²) in [5.74, 6) is 0.935. The quantitative estimate of drug-likeness (QED) is 0.779. The van der Waals surface area contributed by atoms with Crippen LogP contribution < -0.4 is 11.1 Å². The molecule has 1 fully saturated rings. The first-order valence-electron chi connectivity index (χ1n) is 5.28. The molecule has 1 aliphatic carbocycles. The van der Waals surface area contributed by atoms with Crippen LogP contribution in [0.3, 0.4) is 0 Å². The first-order valence-corrected chi connectivity index (χ1v) is 6.07. The number of nitrogens with two attached hydrogens (primary N) is 1. The third-order valence-corrected chi connectivity index (χ3v) is 3.72. The van der Waals surface area contributed by atoms with Crippen molar-refractivity contribution in [2.45, 2.75) is 19.3 Å². The van der Waals surface area contributed by atoms with Crippen molar-refractivity contribution in [1.82, 2.24) is 9.97 Å². The van der Waals surface area contributed by atoms with Gasteiger partial charge in [0.15, 0.2) is 0 Å². The molecule has 0 amide bonds. The first-order chi connectivity index (χ1) is 7.65. The fourth-order valence-electron chi connectivity index (χ4n) is 1.84. The van der Waals surface area contributed by atoms with E-state index in [9.17, 15) is 5.11 Å². The van der Waals surface area contributed by atoms with Crippen LogP contribution in [0.2, 0.25) is 0 Å². The van der Waals surface area contributed by atoms with Gasteiger partial charge in [-0.2, -0.15) is 4.98 Å². The minimum atomic E-state index is 0.0269. The molecule has 6 heteroatoms. The van der Waals surface area contributed by atoms with Gasteiger partial charge in [0.05, 0.1) is 11.1 Å². The zero-order valence-corrected chi connectivity index (χ0v) is 10.5. The van der Waals surface area contributed by atoms with E-state index in [1.165, 1.54) is 6.42 Å². The number of aliphatic hydroxyl groups excluding tert-OH is 1. The first kappa shape index (κ1) is 11.6. The lowest BCUT2D eigenvalue weighted by Gasteiger charge is -2.40. The summed E-state index contributed by atoms with van der Waals surface area (Å²) in [6, 6.07) is 0. The maximum absolute atomic E-state index is 9.33. The van der Waals surface area contributed by atoms with Gasteiger partial charge in [0, 0.05) is 18.2 Å². The minimum Gasteiger partial charge on any atom is -0.396 e. The lowest BCUT2D eigenvalue weighted by atomic mass is 9.69. The van der Waals surface area contributed by atoms with E-state index in [-0.39, 0.29) is 18.0 Å². The highest BCUT2D eigenvalue weighted by Crippen LogP contribution is 2.40. The zero-order chi connectivity index (χ0) is 11.6. The van der Waals surface area contributed by atoms with E-state index in [4.69, 9.17) is 5.73 Å². The van der Waals surface area contributed by atoms with E-state index in [0.717, 1.165) is 23.9 Å². The fraction of sp³-hybridized carbons (Fsp3) is 0.600. The van der Waals surface area contributed by atoms with E-state index >= 15 is 0 Å². The van der Waals surface area contributed by atoms with Crippen molar-refractivity contribution < 1.29 is 5.11 Å². The van der Waals surface area contributed by atoms with Gasteiger partial charge in [-0.1, -0.05) is 6.42 Å². The number of halogens is 1. The molecule has 1 aromatic heterocycles. The maximum atomic E-state index is 9.33. The van der Waals surface area contributed by atoms with E-state index in [1.54, 1.807) is 6.20 Å². The topological polar surface area (TPSA) is 84.1 Å². The number of anilines is 2. The third kappa shape index (κ3) is 2.27. The average molecular weight is 287 g/mol. The highest BCUT2D eigenvalue weighted by atomic mass is 79.9. The van der Waals surface area contributed by atoms with E-state index in [2.05, 4.69) is 31.2 Å². The Balaban J connectivity index is 2.01. The van der Waals surface area contributed by atoms with E-state index in [1.807, 2.05) is 0 Å². The fourth-order valence-corrected chi connectivity index (χ4v) is 2.17. The van der Waals surface area contributed by atoms with Crippen molar-refractivity contribution in [2.75, 3.05) is 24.2 Å². The van der Waals surface area contributed by atoms with Crippen LogP contribution in [0.15, 0.2) is 10.7 Å². The molecular weight excluding hydrogens is 272 g/mol. The Labute approximate surface area is 103 Å². The molecule has 16 heavy (non-hydrogen) atoms. The van der Waals surface area contributed by atoms with Crippen LogP contribution in [0.1, 0.15) is 19.3 Å². The molecule has 1 saturated carbocycles. The van der Waals surface area contributed by atoms with Gasteiger partial charge in [-0.3, -0.25) is 0 Å². The summed E-state index contributed by atoms with van der Waals surface area (Å²) in [7, 11) is 0. The molecule has 0 spiro atoms. The lowest BCUT2D eigenvalue weighted by Crippen LogP contribution is -2.40. The number of nitrogens with zero attached hydrogens (tertiary/aromatic N) is 2. The molecule has 0 aromatic carbocycles. The van der Waals surface area contributed by atoms with Gasteiger partial charge in [0.25, 0.3) is 0 Å². The molecule has 0 atom stereocenters. The van der Waals surface area contributed by atoms with Gasteiger partial charge in [-0.25, -0.2) is 4.98 Å². The SMILES string of the molecule is Nc1ncc(Br)c(NCC2(CO)CCC2)n1. The molecule has 1 heterocycles. The Hall–Kier alpha value is -0.880. The van der Waals surface area contributed by atoms with Crippen LogP contribution in [0.4, 0.5) is 11.8 Å². The van der Waals surface area contributed by atoms with Crippen molar-refractivity contribution in [1.29, 1.82) is 0 Å². The maximum Gasteiger partial charge on any atom is 0.221 e. The van der Waals surface area contributed by atoms with Gasteiger partial charge in [0.1, 0.15) is 5.82 Å². The lowest BCUT2D eigenvalue weighted by molar-refractivity contribution is 0.0575. The normalized spacial score (nSPS) is 17.9. The van der Waals surface area contributed by atoms with Crippen molar-refractivity contribution in [3.8, 4) is 0 Å². The molecular formula is C10H15BrN4O. The number of aliphatic hydroxyl groups is 1. The van der Waals surface area contributed by atoms with Gasteiger partial charge >= 0.3 is 0 Å². The van der Waals surface area contributed by atoms with E-state index in [0.29, 0.717) is 5.82 Å². The molecule has 2 rings (SSSR count). The summed E-state index contributed by atoms with van der Waals surface area (Å²) < 4.78 is 0.786. The van der Waals surface area contributed by atoms with Crippen LogP contribution >= 0.6 is 15.9 Å². The standard InChI is InChI=1S/C10H15BrN4O/c11-7-4-13-9(12)15-8(7)14-5-10(6-16)2-1-3-10/h4,16H,1-3,5-6H2,(H3,12,13,14,15). The summed E-state index contributed by atoms with van der Waals surface area (Å²) in [4.78, 5) is 7.96. The molecule has 1 aromatic rings. The Morgan fingerprint density at radius 2 is 2.31 bits per heavy atom. The summed E-state index contributed by atoms with van der Waals surface area (Å²) in [6.07, 6.45) is 4.94. The number of nitrogen functional groups attached to an aromatic ring is 1. The second kappa shape index (κ2) is 4.55. The van der Waals surface area contributed by atoms with Crippen molar-refractivity contribution >= 4 is 27.7 Å². The van der Waals surface area contributed by atoms with Gasteiger partial charge < -0.3 is 16.2 Å². The average Bonchev–Trinajstić information content (AvgIpc) is 2.22. The highest BCUT2D eigenvalue weighted by molar-refractivity contribution is 9.10. The Bertz CT molecular complexity index is 376. The highest BCUT2D eigenvalue weighted by Gasteiger charge is 2.36. The van der Waals surface area contributed by atoms with Gasteiger partial charge in [0.2, 0.25) is 5.95 Å². The Kier molecular flexibility index (Phi) is 3.30. The molecule has 1 aliphatic rings. The number of aromatic nitrogens is 2. The second-order valence-electron chi connectivity index (χ2n) is 4.29. The largest absolute Gasteiger partial charge is 0.396 e. The molecule has 0 aliphatic heterocycles. The number of hydrogen-bond acceptors (Lipinski definition) is 5. The van der Waals surface area contributed by atoms with Crippen LogP contribution in [0.25, 0.3) is 0 Å². The number of nitrogens with one attached hydrogen (secondary N) is 1. The third-order valence-electron chi connectivity index (χ3n) is 3.14. The molecule has 0 saturated heterocycles. The second-order valence-corrected chi connectivity index (χ2v) is 5.14. The molecule has 88 valence electrons. The summed E-state index contributed by atoms with van der Waals surface area (Å²) in [6.45, 7) is 0.941.